The second kappa shape index (κ2) is 6.45. The van der Waals surface area contributed by atoms with E-state index in [-0.39, 0.29) is 29.3 Å². The molecule has 8 heteroatoms. The molecule has 1 aromatic carbocycles. The van der Waals surface area contributed by atoms with Crippen molar-refractivity contribution in [2.75, 3.05) is 18.9 Å². The van der Waals surface area contributed by atoms with E-state index in [4.69, 9.17) is 0 Å². The van der Waals surface area contributed by atoms with Crippen LogP contribution in [0, 0.1) is 0 Å². The second-order valence-electron chi connectivity index (χ2n) is 5.31. The van der Waals surface area contributed by atoms with Gasteiger partial charge in [-0.3, -0.25) is 9.59 Å². The maximum atomic E-state index is 12.4. The Balaban J connectivity index is 2.04. The van der Waals surface area contributed by atoms with E-state index in [1.165, 1.54) is 38.2 Å². The first kappa shape index (κ1) is 16.4. The number of amides is 2. The first-order valence-corrected chi connectivity index (χ1v) is 8.36. The number of carbonyl (C=O) groups excluding carboxylic acids is 2. The lowest BCUT2D eigenvalue weighted by Gasteiger charge is -2.17. The van der Waals surface area contributed by atoms with Gasteiger partial charge < -0.3 is 10.6 Å². The average molecular weight is 325 g/mol. The van der Waals surface area contributed by atoms with Gasteiger partial charge in [-0.05, 0) is 37.1 Å². The van der Waals surface area contributed by atoms with Gasteiger partial charge in [-0.25, -0.2) is 8.42 Å². The van der Waals surface area contributed by atoms with Crippen LogP contribution in [0.3, 0.4) is 0 Å². The molecule has 0 atom stereocenters. The minimum Gasteiger partial charge on any atom is -0.352 e. The van der Waals surface area contributed by atoms with Crippen LogP contribution in [-0.4, -0.2) is 44.2 Å². The first-order chi connectivity index (χ1) is 10.3. The molecule has 2 N–H and O–H groups in total. The van der Waals surface area contributed by atoms with E-state index in [0.717, 1.165) is 17.1 Å². The Kier molecular flexibility index (Phi) is 4.82. The number of carbonyl (C=O) groups is 2. The molecule has 2 amide bonds. The van der Waals surface area contributed by atoms with Gasteiger partial charge in [0.1, 0.15) is 0 Å². The third-order valence-corrected chi connectivity index (χ3v) is 5.01. The molecule has 0 bridgehead atoms. The maximum Gasteiger partial charge on any atom is 0.243 e. The molecule has 1 saturated carbocycles. The molecule has 2 rings (SSSR count). The highest BCUT2D eigenvalue weighted by Crippen LogP contribution is 2.19. The molecule has 7 nitrogen and oxygen atoms in total. The molecule has 1 aliphatic rings. The third kappa shape index (κ3) is 4.28. The van der Waals surface area contributed by atoms with Crippen LogP contribution >= 0.6 is 0 Å². The maximum absolute atomic E-state index is 12.4. The molecule has 0 saturated heterocycles. The predicted molar refractivity (Wildman–Crippen MR) is 81.7 cm³/mol. The van der Waals surface area contributed by atoms with Crippen molar-refractivity contribution >= 4 is 27.5 Å². The number of sulfonamides is 1. The summed E-state index contributed by atoms with van der Waals surface area (Å²) in [7, 11) is -2.37. The van der Waals surface area contributed by atoms with Gasteiger partial charge in [-0.1, -0.05) is 0 Å². The molecule has 22 heavy (non-hydrogen) atoms. The van der Waals surface area contributed by atoms with E-state index in [9.17, 15) is 18.0 Å². The molecule has 0 spiro atoms. The van der Waals surface area contributed by atoms with Crippen molar-refractivity contribution in [3.8, 4) is 0 Å². The zero-order valence-corrected chi connectivity index (χ0v) is 13.3. The summed E-state index contributed by atoms with van der Waals surface area (Å²) in [5.41, 5.74) is 0.514. The summed E-state index contributed by atoms with van der Waals surface area (Å²) < 4.78 is 25.7. The molecule has 1 aromatic rings. The number of hydrogen-bond acceptors (Lipinski definition) is 4. The topological polar surface area (TPSA) is 95.6 Å². The van der Waals surface area contributed by atoms with Crippen molar-refractivity contribution in [2.45, 2.75) is 30.7 Å². The minimum absolute atomic E-state index is 0.0725. The van der Waals surface area contributed by atoms with Gasteiger partial charge in [0.2, 0.25) is 21.8 Å². The number of benzene rings is 1. The Morgan fingerprint density at radius 1 is 1.23 bits per heavy atom. The van der Waals surface area contributed by atoms with Crippen LogP contribution in [0.15, 0.2) is 29.2 Å². The molecule has 0 unspecified atom stereocenters. The van der Waals surface area contributed by atoms with Gasteiger partial charge in [0.05, 0.1) is 11.4 Å². The van der Waals surface area contributed by atoms with Crippen molar-refractivity contribution < 1.29 is 18.0 Å². The number of rotatable bonds is 6. The summed E-state index contributed by atoms with van der Waals surface area (Å²) in [6.07, 6.45) is 1.90. The minimum atomic E-state index is -3.73. The van der Waals surface area contributed by atoms with Crippen LogP contribution in [0.1, 0.15) is 19.8 Å². The van der Waals surface area contributed by atoms with Gasteiger partial charge in [-0.2, -0.15) is 4.31 Å². The van der Waals surface area contributed by atoms with E-state index in [2.05, 4.69) is 10.6 Å². The van der Waals surface area contributed by atoms with Crippen molar-refractivity contribution in [3.63, 3.8) is 0 Å². The fraction of sp³-hybridized carbons (Fsp3) is 0.429. The lowest BCUT2D eigenvalue weighted by molar-refractivity contribution is -0.121. The zero-order valence-electron chi connectivity index (χ0n) is 12.5. The van der Waals surface area contributed by atoms with Crippen LogP contribution in [0.4, 0.5) is 5.69 Å². The fourth-order valence-corrected chi connectivity index (χ4v) is 3.01. The number of anilines is 1. The molecular weight excluding hydrogens is 306 g/mol. The van der Waals surface area contributed by atoms with Crippen LogP contribution in [0.2, 0.25) is 0 Å². The monoisotopic (exact) mass is 325 g/mol. The van der Waals surface area contributed by atoms with E-state index in [1.54, 1.807) is 0 Å². The number of nitrogens with one attached hydrogen (secondary N) is 2. The van der Waals surface area contributed by atoms with E-state index >= 15 is 0 Å². The van der Waals surface area contributed by atoms with Crippen molar-refractivity contribution in [3.05, 3.63) is 24.3 Å². The summed E-state index contributed by atoms with van der Waals surface area (Å²) in [5, 5.41) is 5.31. The summed E-state index contributed by atoms with van der Waals surface area (Å²) in [6.45, 7) is 1.16. The van der Waals surface area contributed by atoms with Crippen LogP contribution in [0.25, 0.3) is 0 Å². The Morgan fingerprint density at radius 3 is 2.32 bits per heavy atom. The Bertz CT molecular complexity index is 666. The fourth-order valence-electron chi connectivity index (χ4n) is 1.88. The molecular formula is C14H19N3O4S. The first-order valence-electron chi connectivity index (χ1n) is 6.92. The molecule has 0 aliphatic heterocycles. The lowest BCUT2D eigenvalue weighted by atomic mass is 10.3. The van der Waals surface area contributed by atoms with E-state index in [1.807, 2.05) is 0 Å². The molecule has 0 radical (unpaired) electrons. The number of hydrogen-bond donors (Lipinski definition) is 2. The lowest BCUT2D eigenvalue weighted by Crippen LogP contribution is -2.39. The SMILES string of the molecule is CC(=O)Nc1ccc(S(=O)(=O)N(C)CC(=O)NC2CC2)cc1. The summed E-state index contributed by atoms with van der Waals surface area (Å²) >= 11 is 0. The zero-order chi connectivity index (χ0) is 16.3. The Morgan fingerprint density at radius 2 is 1.82 bits per heavy atom. The van der Waals surface area contributed by atoms with Crippen LogP contribution < -0.4 is 10.6 Å². The van der Waals surface area contributed by atoms with Gasteiger partial charge in [0.25, 0.3) is 0 Å². The van der Waals surface area contributed by atoms with Crippen molar-refractivity contribution in [1.29, 1.82) is 0 Å². The molecule has 1 aliphatic carbocycles. The Hall–Kier alpha value is -1.93. The van der Waals surface area contributed by atoms with Crippen LogP contribution in [-0.2, 0) is 19.6 Å². The number of nitrogens with zero attached hydrogens (tertiary/aromatic N) is 1. The van der Waals surface area contributed by atoms with Gasteiger partial charge in [0.15, 0.2) is 0 Å². The highest BCUT2D eigenvalue weighted by atomic mass is 32.2. The van der Waals surface area contributed by atoms with E-state index < -0.39 is 10.0 Å². The van der Waals surface area contributed by atoms with Gasteiger partial charge in [0, 0.05) is 25.7 Å². The summed E-state index contributed by atoms with van der Waals surface area (Å²) in [4.78, 5) is 22.7. The quantitative estimate of drug-likeness (QED) is 0.798. The predicted octanol–water partition coefficient (Wildman–Crippen LogP) is 0.544. The Labute approximate surface area is 129 Å². The van der Waals surface area contributed by atoms with Crippen molar-refractivity contribution in [2.24, 2.45) is 0 Å². The second-order valence-corrected chi connectivity index (χ2v) is 7.35. The molecule has 0 heterocycles. The highest BCUT2D eigenvalue weighted by Gasteiger charge is 2.27. The standard InChI is InChI=1S/C14H19N3O4S/c1-10(18)15-11-5-7-13(8-6-11)22(20,21)17(2)9-14(19)16-12-3-4-12/h5-8,12H,3-4,9H2,1-2H3,(H,15,18)(H,16,19). The molecule has 1 fully saturated rings. The van der Waals surface area contributed by atoms with Crippen molar-refractivity contribution in [1.82, 2.24) is 9.62 Å². The smallest absolute Gasteiger partial charge is 0.243 e. The number of likely N-dealkylation sites (N-methyl/N-ethyl adjacent to an activating group) is 1. The van der Waals surface area contributed by atoms with Gasteiger partial charge >= 0.3 is 0 Å². The molecule has 120 valence electrons. The van der Waals surface area contributed by atoms with E-state index in [0.29, 0.717) is 5.69 Å². The summed E-state index contributed by atoms with van der Waals surface area (Å²) in [5.74, 6) is -0.534. The third-order valence-electron chi connectivity index (χ3n) is 3.19. The van der Waals surface area contributed by atoms with Crippen LogP contribution in [0.5, 0.6) is 0 Å². The normalized spacial score (nSPS) is 14.7. The summed E-state index contributed by atoms with van der Waals surface area (Å²) in [6, 6.07) is 6.01. The van der Waals surface area contributed by atoms with Gasteiger partial charge in [-0.15, -0.1) is 0 Å². The highest BCUT2D eigenvalue weighted by molar-refractivity contribution is 7.89. The largest absolute Gasteiger partial charge is 0.352 e. The average Bonchev–Trinajstić information content (AvgIpc) is 3.22. The molecule has 0 aromatic heterocycles.